The van der Waals surface area contributed by atoms with Crippen LogP contribution in [-0.4, -0.2) is 47.0 Å². The Morgan fingerprint density at radius 1 is 1.25 bits per heavy atom. The quantitative estimate of drug-likeness (QED) is 0.788. The molecule has 1 amide bonds. The van der Waals surface area contributed by atoms with Gasteiger partial charge in [-0.1, -0.05) is 19.1 Å². The molecule has 0 radical (unpaired) electrons. The zero-order valence-electron chi connectivity index (χ0n) is 17.1. The maximum atomic E-state index is 13.0. The summed E-state index contributed by atoms with van der Waals surface area (Å²) in [5.41, 5.74) is 1.70. The van der Waals surface area contributed by atoms with Gasteiger partial charge >= 0.3 is 0 Å². The zero-order valence-corrected chi connectivity index (χ0v) is 17.1. The summed E-state index contributed by atoms with van der Waals surface area (Å²) in [7, 11) is 1.67. The lowest BCUT2D eigenvalue weighted by molar-refractivity contribution is 0.0601. The summed E-state index contributed by atoms with van der Waals surface area (Å²) in [6, 6.07) is 10.1. The smallest absolute Gasteiger partial charge is 0.272 e. The third-order valence-corrected chi connectivity index (χ3v) is 5.30. The molecular weight excluding hydrogens is 352 g/mol. The number of likely N-dealkylation sites (tertiary alicyclic amines) is 1. The van der Waals surface area contributed by atoms with Crippen LogP contribution in [0.2, 0.25) is 0 Å². The topological polar surface area (TPSA) is 67.4 Å². The van der Waals surface area contributed by atoms with Crippen LogP contribution in [0.3, 0.4) is 0 Å². The standard InChI is InChI=1S/C22H30N4O2/c1-4-18-7-5-6-14-26(18)22(27)20-15-21(25-16(2)24-20)23-13-12-17-8-10-19(28-3)11-9-17/h8-11,15,18H,4-7,12-14H2,1-3H3,(H,23,24,25). The zero-order chi connectivity index (χ0) is 19.9. The number of ether oxygens (including phenoxy) is 1. The van der Waals surface area contributed by atoms with E-state index in [4.69, 9.17) is 4.74 Å². The minimum absolute atomic E-state index is 0.0234. The molecule has 6 heteroatoms. The highest BCUT2D eigenvalue weighted by Crippen LogP contribution is 2.22. The van der Waals surface area contributed by atoms with Crippen LogP contribution < -0.4 is 10.1 Å². The van der Waals surface area contributed by atoms with Gasteiger partial charge in [0.25, 0.3) is 5.91 Å². The molecule has 1 aromatic heterocycles. The number of carbonyl (C=O) groups excluding carboxylic acids is 1. The second-order valence-electron chi connectivity index (χ2n) is 7.27. The first-order valence-electron chi connectivity index (χ1n) is 10.1. The van der Waals surface area contributed by atoms with Crippen molar-refractivity contribution in [1.82, 2.24) is 14.9 Å². The number of anilines is 1. The maximum absolute atomic E-state index is 13.0. The van der Waals surface area contributed by atoms with E-state index in [1.54, 1.807) is 13.2 Å². The van der Waals surface area contributed by atoms with E-state index < -0.39 is 0 Å². The Balaban J connectivity index is 1.64. The van der Waals surface area contributed by atoms with Gasteiger partial charge in [-0.3, -0.25) is 4.79 Å². The highest BCUT2D eigenvalue weighted by molar-refractivity contribution is 5.93. The Labute approximate surface area is 167 Å². The number of aromatic nitrogens is 2. The largest absolute Gasteiger partial charge is 0.497 e. The lowest BCUT2D eigenvalue weighted by Gasteiger charge is -2.35. The number of nitrogens with zero attached hydrogens (tertiary/aromatic N) is 3. The maximum Gasteiger partial charge on any atom is 0.272 e. The summed E-state index contributed by atoms with van der Waals surface area (Å²) in [6.45, 7) is 5.53. The fraction of sp³-hybridized carbons (Fsp3) is 0.500. The highest BCUT2D eigenvalue weighted by Gasteiger charge is 2.27. The molecule has 6 nitrogen and oxygen atoms in total. The molecule has 1 aliphatic heterocycles. The predicted molar refractivity (Wildman–Crippen MR) is 111 cm³/mol. The summed E-state index contributed by atoms with van der Waals surface area (Å²) >= 11 is 0. The van der Waals surface area contributed by atoms with Crippen molar-refractivity contribution in [2.45, 2.75) is 52.0 Å². The van der Waals surface area contributed by atoms with Crippen molar-refractivity contribution in [3.05, 3.63) is 47.4 Å². The number of carbonyl (C=O) groups is 1. The van der Waals surface area contributed by atoms with Crippen LogP contribution >= 0.6 is 0 Å². The van der Waals surface area contributed by atoms with Gasteiger partial charge in [0.15, 0.2) is 0 Å². The van der Waals surface area contributed by atoms with Gasteiger partial charge in [-0.25, -0.2) is 9.97 Å². The number of nitrogens with one attached hydrogen (secondary N) is 1. The van der Waals surface area contributed by atoms with Crippen LogP contribution in [0, 0.1) is 6.92 Å². The van der Waals surface area contributed by atoms with E-state index in [0.29, 0.717) is 23.4 Å². The number of amides is 1. The summed E-state index contributed by atoms with van der Waals surface area (Å²) < 4.78 is 5.19. The van der Waals surface area contributed by atoms with Crippen LogP contribution in [0.1, 0.15) is 54.5 Å². The van der Waals surface area contributed by atoms with Crippen LogP contribution in [0.15, 0.2) is 30.3 Å². The first-order chi connectivity index (χ1) is 13.6. The molecule has 0 spiro atoms. The number of methoxy groups -OCH3 is 1. The number of hydrogen-bond donors (Lipinski definition) is 1. The van der Waals surface area contributed by atoms with Crippen molar-refractivity contribution < 1.29 is 9.53 Å². The number of hydrogen-bond acceptors (Lipinski definition) is 5. The van der Waals surface area contributed by atoms with Gasteiger partial charge in [0.1, 0.15) is 23.1 Å². The second kappa shape index (κ2) is 9.53. The average Bonchev–Trinajstić information content (AvgIpc) is 2.73. The van der Waals surface area contributed by atoms with Crippen molar-refractivity contribution in [2.24, 2.45) is 0 Å². The number of aryl methyl sites for hydroxylation is 1. The molecule has 1 fully saturated rings. The van der Waals surface area contributed by atoms with E-state index in [1.165, 1.54) is 12.0 Å². The molecule has 0 saturated carbocycles. The second-order valence-corrected chi connectivity index (χ2v) is 7.27. The Morgan fingerprint density at radius 2 is 2.04 bits per heavy atom. The van der Waals surface area contributed by atoms with E-state index in [-0.39, 0.29) is 5.91 Å². The third-order valence-electron chi connectivity index (χ3n) is 5.30. The van der Waals surface area contributed by atoms with Gasteiger partial charge in [0.05, 0.1) is 7.11 Å². The molecule has 0 bridgehead atoms. The molecule has 2 aromatic rings. The number of rotatable bonds is 7. The van der Waals surface area contributed by atoms with E-state index in [0.717, 1.165) is 44.5 Å². The first-order valence-corrected chi connectivity index (χ1v) is 10.1. The number of benzene rings is 1. The van der Waals surface area contributed by atoms with Gasteiger partial charge in [0, 0.05) is 25.2 Å². The van der Waals surface area contributed by atoms with Gasteiger partial charge in [-0.15, -0.1) is 0 Å². The lowest BCUT2D eigenvalue weighted by atomic mass is 9.99. The molecule has 1 aromatic carbocycles. The van der Waals surface area contributed by atoms with Crippen LogP contribution in [0.25, 0.3) is 0 Å². The summed E-state index contributed by atoms with van der Waals surface area (Å²) in [4.78, 5) is 23.9. The SMILES string of the molecule is CCC1CCCCN1C(=O)c1cc(NCCc2ccc(OC)cc2)nc(C)n1. The minimum atomic E-state index is 0.0234. The van der Waals surface area contributed by atoms with Gasteiger partial charge in [-0.2, -0.15) is 0 Å². The molecule has 1 saturated heterocycles. The lowest BCUT2D eigenvalue weighted by Crippen LogP contribution is -2.43. The van der Waals surface area contributed by atoms with E-state index in [1.807, 2.05) is 24.0 Å². The molecule has 1 atom stereocenters. The molecule has 2 heterocycles. The van der Waals surface area contributed by atoms with Gasteiger partial charge in [0.2, 0.25) is 0 Å². The van der Waals surface area contributed by atoms with Crippen LogP contribution in [0.4, 0.5) is 5.82 Å². The van der Waals surface area contributed by atoms with Crippen molar-refractivity contribution in [2.75, 3.05) is 25.5 Å². The minimum Gasteiger partial charge on any atom is -0.497 e. The summed E-state index contributed by atoms with van der Waals surface area (Å²) in [5.74, 6) is 2.20. The Bertz CT molecular complexity index is 792. The highest BCUT2D eigenvalue weighted by atomic mass is 16.5. The summed E-state index contributed by atoms with van der Waals surface area (Å²) in [5, 5.41) is 3.33. The molecule has 28 heavy (non-hydrogen) atoms. The fourth-order valence-corrected chi connectivity index (χ4v) is 3.73. The molecule has 150 valence electrons. The van der Waals surface area contributed by atoms with Crippen molar-refractivity contribution in [3.63, 3.8) is 0 Å². The fourth-order valence-electron chi connectivity index (χ4n) is 3.73. The van der Waals surface area contributed by atoms with Crippen molar-refractivity contribution in [1.29, 1.82) is 0 Å². The normalized spacial score (nSPS) is 16.7. The number of piperidine rings is 1. The van der Waals surface area contributed by atoms with Crippen molar-refractivity contribution in [3.8, 4) is 5.75 Å². The van der Waals surface area contributed by atoms with Crippen LogP contribution in [-0.2, 0) is 6.42 Å². The van der Waals surface area contributed by atoms with Crippen molar-refractivity contribution >= 4 is 11.7 Å². The average molecular weight is 383 g/mol. The van der Waals surface area contributed by atoms with E-state index in [2.05, 4.69) is 34.3 Å². The Morgan fingerprint density at radius 3 is 2.75 bits per heavy atom. The first kappa shape index (κ1) is 20.1. The molecule has 1 unspecified atom stereocenters. The molecular formula is C22H30N4O2. The van der Waals surface area contributed by atoms with Gasteiger partial charge in [-0.05, 0) is 56.7 Å². The van der Waals surface area contributed by atoms with E-state index >= 15 is 0 Å². The predicted octanol–water partition coefficient (Wildman–Crippen LogP) is 3.85. The molecule has 1 N–H and O–H groups in total. The molecule has 1 aliphatic rings. The third kappa shape index (κ3) is 5.00. The Hall–Kier alpha value is -2.63. The van der Waals surface area contributed by atoms with Crippen LogP contribution in [0.5, 0.6) is 5.75 Å². The monoisotopic (exact) mass is 382 g/mol. The molecule has 0 aliphatic carbocycles. The van der Waals surface area contributed by atoms with Gasteiger partial charge < -0.3 is 15.0 Å². The van der Waals surface area contributed by atoms with E-state index in [9.17, 15) is 4.79 Å². The molecule has 3 rings (SSSR count). The Kier molecular flexibility index (Phi) is 6.85. The summed E-state index contributed by atoms with van der Waals surface area (Å²) in [6.07, 6.45) is 5.20.